The topological polar surface area (TPSA) is 75.1 Å². The number of anilines is 1. The minimum absolute atomic E-state index is 0.0862. The molecule has 1 aromatic heterocycles. The molecule has 0 aliphatic carbocycles. The second-order valence-electron chi connectivity index (χ2n) is 3.77. The van der Waals surface area contributed by atoms with Crippen molar-refractivity contribution in [1.29, 1.82) is 0 Å². The summed E-state index contributed by atoms with van der Waals surface area (Å²) in [6.07, 6.45) is 7.92. The number of nitrogens with zero attached hydrogens (tertiary/aromatic N) is 2. The van der Waals surface area contributed by atoms with Crippen molar-refractivity contribution in [2.24, 2.45) is 0 Å². The molecular formula is C14H11N3O2. The first-order chi connectivity index (χ1) is 9.20. The van der Waals surface area contributed by atoms with Crippen LogP contribution in [0.1, 0.15) is 21.6 Å². The van der Waals surface area contributed by atoms with Gasteiger partial charge in [0.25, 0.3) is 0 Å². The van der Waals surface area contributed by atoms with E-state index < -0.39 is 5.97 Å². The van der Waals surface area contributed by atoms with Crippen LogP contribution in [0, 0.1) is 12.3 Å². The molecule has 0 spiro atoms. The Labute approximate surface area is 110 Å². The highest BCUT2D eigenvalue weighted by molar-refractivity contribution is 5.88. The van der Waals surface area contributed by atoms with Crippen molar-refractivity contribution in [2.75, 3.05) is 5.32 Å². The fraction of sp³-hybridized carbons (Fsp3) is 0.0714. The number of hydrogen-bond acceptors (Lipinski definition) is 4. The lowest BCUT2D eigenvalue weighted by Gasteiger charge is -2.08. The van der Waals surface area contributed by atoms with Gasteiger partial charge >= 0.3 is 5.97 Å². The molecule has 5 nitrogen and oxygen atoms in total. The molecular weight excluding hydrogens is 242 g/mol. The predicted octanol–water partition coefficient (Wildman–Crippen LogP) is 1.77. The minimum atomic E-state index is -1.05. The maximum Gasteiger partial charge on any atom is 0.339 e. The molecule has 0 atom stereocenters. The molecule has 0 bridgehead atoms. The second kappa shape index (κ2) is 5.65. The van der Waals surface area contributed by atoms with E-state index in [1.165, 1.54) is 12.5 Å². The Morgan fingerprint density at radius 3 is 3.05 bits per heavy atom. The van der Waals surface area contributed by atoms with Gasteiger partial charge in [-0.25, -0.2) is 14.8 Å². The zero-order valence-corrected chi connectivity index (χ0v) is 10.00. The maximum absolute atomic E-state index is 11.0. The van der Waals surface area contributed by atoms with Crippen LogP contribution in [0.15, 0.2) is 36.8 Å². The molecule has 19 heavy (non-hydrogen) atoms. The molecule has 0 fully saturated rings. The Balaban J connectivity index is 2.15. The largest absolute Gasteiger partial charge is 0.478 e. The van der Waals surface area contributed by atoms with E-state index in [0.717, 1.165) is 11.3 Å². The Morgan fingerprint density at radius 1 is 1.47 bits per heavy atom. The molecule has 1 aromatic carbocycles. The van der Waals surface area contributed by atoms with E-state index in [-0.39, 0.29) is 12.1 Å². The number of hydrogen-bond donors (Lipinski definition) is 2. The summed E-state index contributed by atoms with van der Waals surface area (Å²) >= 11 is 0. The Morgan fingerprint density at radius 2 is 2.32 bits per heavy atom. The van der Waals surface area contributed by atoms with Gasteiger partial charge in [0.15, 0.2) is 0 Å². The zero-order chi connectivity index (χ0) is 13.7. The van der Waals surface area contributed by atoms with Crippen LogP contribution in [-0.2, 0) is 6.54 Å². The third-order valence-electron chi connectivity index (χ3n) is 2.51. The van der Waals surface area contributed by atoms with Gasteiger partial charge in [0, 0.05) is 17.4 Å². The number of aromatic carboxylic acids is 1. The summed E-state index contributed by atoms with van der Waals surface area (Å²) < 4.78 is 0. The van der Waals surface area contributed by atoms with Crippen molar-refractivity contribution < 1.29 is 9.90 Å². The van der Waals surface area contributed by atoms with E-state index in [2.05, 4.69) is 21.2 Å². The Hall–Kier alpha value is -2.87. The number of terminal acetylenes is 1. The van der Waals surface area contributed by atoms with Gasteiger partial charge in [-0.3, -0.25) is 0 Å². The van der Waals surface area contributed by atoms with E-state index in [4.69, 9.17) is 11.5 Å². The molecule has 5 heteroatoms. The lowest BCUT2D eigenvalue weighted by molar-refractivity contribution is 0.0694. The normalized spacial score (nSPS) is 9.63. The lowest BCUT2D eigenvalue weighted by atomic mass is 10.2. The summed E-state index contributed by atoms with van der Waals surface area (Å²) in [5.74, 6) is 1.49. The van der Waals surface area contributed by atoms with E-state index >= 15 is 0 Å². The van der Waals surface area contributed by atoms with Gasteiger partial charge in [-0.1, -0.05) is 12.0 Å². The second-order valence-corrected chi connectivity index (χ2v) is 3.77. The Kier molecular flexibility index (Phi) is 3.74. The van der Waals surface area contributed by atoms with E-state index in [0.29, 0.717) is 5.69 Å². The third-order valence-corrected chi connectivity index (χ3v) is 2.51. The van der Waals surface area contributed by atoms with Crippen molar-refractivity contribution in [3.05, 3.63) is 53.6 Å². The van der Waals surface area contributed by atoms with Gasteiger partial charge in [0.05, 0.1) is 12.2 Å². The van der Waals surface area contributed by atoms with Gasteiger partial charge in [-0.15, -0.1) is 6.42 Å². The first-order valence-electron chi connectivity index (χ1n) is 5.53. The summed E-state index contributed by atoms with van der Waals surface area (Å²) in [7, 11) is 0. The average molecular weight is 253 g/mol. The van der Waals surface area contributed by atoms with Crippen LogP contribution in [0.2, 0.25) is 0 Å². The van der Waals surface area contributed by atoms with Gasteiger partial charge in [-0.05, 0) is 18.2 Å². The van der Waals surface area contributed by atoms with Gasteiger partial charge in [0.1, 0.15) is 11.9 Å². The van der Waals surface area contributed by atoms with Crippen molar-refractivity contribution in [3.63, 3.8) is 0 Å². The SMILES string of the molecule is C#Cc1cccc(NCc2ncncc2C(=O)O)c1. The fourth-order valence-electron chi connectivity index (χ4n) is 1.58. The van der Waals surface area contributed by atoms with Crippen LogP contribution < -0.4 is 5.32 Å². The molecule has 2 N–H and O–H groups in total. The van der Waals surface area contributed by atoms with Gasteiger partial charge in [-0.2, -0.15) is 0 Å². The molecule has 0 saturated heterocycles. The number of benzene rings is 1. The number of nitrogens with one attached hydrogen (secondary N) is 1. The smallest absolute Gasteiger partial charge is 0.339 e. The summed E-state index contributed by atoms with van der Waals surface area (Å²) in [5, 5.41) is 12.1. The van der Waals surface area contributed by atoms with Crippen molar-refractivity contribution in [2.45, 2.75) is 6.54 Å². The van der Waals surface area contributed by atoms with Gasteiger partial charge in [0.2, 0.25) is 0 Å². The number of carboxylic acids is 1. The van der Waals surface area contributed by atoms with Crippen LogP contribution in [0.5, 0.6) is 0 Å². The highest BCUT2D eigenvalue weighted by Crippen LogP contribution is 2.12. The molecule has 2 aromatic rings. The number of carbonyl (C=O) groups is 1. The van der Waals surface area contributed by atoms with E-state index in [1.54, 1.807) is 0 Å². The molecule has 2 rings (SSSR count). The van der Waals surface area contributed by atoms with Crippen molar-refractivity contribution >= 4 is 11.7 Å². The van der Waals surface area contributed by atoms with Crippen LogP contribution in [0.3, 0.4) is 0 Å². The zero-order valence-electron chi connectivity index (χ0n) is 10.00. The molecule has 0 amide bonds. The van der Waals surface area contributed by atoms with Crippen LogP contribution in [0.4, 0.5) is 5.69 Å². The van der Waals surface area contributed by atoms with Crippen LogP contribution >= 0.6 is 0 Å². The summed E-state index contributed by atoms with van der Waals surface area (Å²) in [5.41, 5.74) is 2.08. The predicted molar refractivity (Wildman–Crippen MR) is 70.7 cm³/mol. The van der Waals surface area contributed by atoms with E-state index in [9.17, 15) is 4.79 Å². The van der Waals surface area contributed by atoms with Crippen LogP contribution in [-0.4, -0.2) is 21.0 Å². The number of aromatic nitrogens is 2. The molecule has 94 valence electrons. The molecule has 0 aliphatic rings. The summed E-state index contributed by atoms with van der Waals surface area (Å²) in [4.78, 5) is 18.7. The average Bonchev–Trinajstić information content (AvgIpc) is 2.45. The lowest BCUT2D eigenvalue weighted by Crippen LogP contribution is -2.10. The standard InChI is InChI=1S/C14H11N3O2/c1-2-10-4-3-5-11(6-10)16-8-13-12(14(18)19)7-15-9-17-13/h1,3-7,9,16H,8H2,(H,18,19). The summed E-state index contributed by atoms with van der Waals surface area (Å²) in [6.45, 7) is 0.290. The number of rotatable bonds is 4. The monoisotopic (exact) mass is 253 g/mol. The molecule has 1 heterocycles. The Bertz CT molecular complexity index is 647. The third kappa shape index (κ3) is 3.07. The van der Waals surface area contributed by atoms with Crippen molar-refractivity contribution in [3.8, 4) is 12.3 Å². The highest BCUT2D eigenvalue weighted by atomic mass is 16.4. The van der Waals surface area contributed by atoms with E-state index in [1.807, 2.05) is 24.3 Å². The first-order valence-corrected chi connectivity index (χ1v) is 5.53. The van der Waals surface area contributed by atoms with Gasteiger partial charge < -0.3 is 10.4 Å². The molecule has 0 aliphatic heterocycles. The van der Waals surface area contributed by atoms with Crippen LogP contribution in [0.25, 0.3) is 0 Å². The minimum Gasteiger partial charge on any atom is -0.478 e. The van der Waals surface area contributed by atoms with Crippen molar-refractivity contribution in [1.82, 2.24) is 9.97 Å². The number of carboxylic acid groups (broad SMARTS) is 1. The fourth-order valence-corrected chi connectivity index (χ4v) is 1.58. The quantitative estimate of drug-likeness (QED) is 0.812. The molecule has 0 unspecified atom stereocenters. The summed E-state index contributed by atoms with van der Waals surface area (Å²) in [6, 6.07) is 7.30. The highest BCUT2D eigenvalue weighted by Gasteiger charge is 2.10. The molecule has 0 radical (unpaired) electrons. The first kappa shape index (κ1) is 12.6. The maximum atomic E-state index is 11.0. The molecule has 0 saturated carbocycles.